The van der Waals surface area contributed by atoms with Crippen LogP contribution < -0.4 is 9.47 Å². The van der Waals surface area contributed by atoms with Crippen molar-refractivity contribution in [2.24, 2.45) is 4.99 Å². The third kappa shape index (κ3) is 2.30. The molecule has 112 valence electrons. The van der Waals surface area contributed by atoms with Gasteiger partial charge in [0.25, 0.3) is 0 Å². The van der Waals surface area contributed by atoms with Crippen LogP contribution in [0.15, 0.2) is 41.4 Å². The van der Waals surface area contributed by atoms with E-state index in [2.05, 4.69) is 4.99 Å². The smallest absolute Gasteiger partial charge is 0.335 e. The van der Waals surface area contributed by atoms with Gasteiger partial charge in [-0.2, -0.15) is 0 Å². The van der Waals surface area contributed by atoms with Crippen LogP contribution in [0.1, 0.15) is 29.3 Å². The Morgan fingerprint density at radius 1 is 1.32 bits per heavy atom. The number of fused-ring (bicyclic) bond motifs is 2. The predicted molar refractivity (Wildman–Crippen MR) is 83.0 cm³/mol. The number of para-hydroxylation sites is 1. The molecule has 5 heteroatoms. The van der Waals surface area contributed by atoms with Crippen molar-refractivity contribution >= 4 is 17.4 Å². The molecule has 3 rings (SSSR count). The van der Waals surface area contributed by atoms with Crippen LogP contribution in [-0.2, 0) is 0 Å². The molecule has 0 unspecified atom stereocenters. The molecular weight excluding hydrogens is 282 g/mol. The van der Waals surface area contributed by atoms with Gasteiger partial charge in [0.15, 0.2) is 17.2 Å². The molecule has 1 aliphatic heterocycles. The summed E-state index contributed by atoms with van der Waals surface area (Å²) in [7, 11) is 1.58. The zero-order valence-corrected chi connectivity index (χ0v) is 12.3. The number of nitrogens with zero attached hydrogens (tertiary/aromatic N) is 1. The average molecular weight is 297 g/mol. The monoisotopic (exact) mass is 297 g/mol. The van der Waals surface area contributed by atoms with Crippen LogP contribution in [0.4, 0.5) is 5.69 Å². The number of rotatable bonds is 3. The lowest BCUT2D eigenvalue weighted by Gasteiger charge is -2.13. The van der Waals surface area contributed by atoms with Gasteiger partial charge in [-0.15, -0.1) is 0 Å². The fourth-order valence-corrected chi connectivity index (χ4v) is 2.42. The van der Waals surface area contributed by atoms with Gasteiger partial charge in [0.05, 0.1) is 18.4 Å². The Balaban J connectivity index is 2.23. The molecule has 22 heavy (non-hydrogen) atoms. The molecule has 5 nitrogen and oxygen atoms in total. The first-order valence-corrected chi connectivity index (χ1v) is 6.94. The van der Waals surface area contributed by atoms with E-state index >= 15 is 0 Å². The Morgan fingerprint density at radius 3 is 2.82 bits per heavy atom. The predicted octanol–water partition coefficient (Wildman–Crippen LogP) is 4.03. The zero-order chi connectivity index (χ0) is 15.7. The molecule has 0 atom stereocenters. The maximum atomic E-state index is 11.1. The third-order valence-corrected chi connectivity index (χ3v) is 3.52. The molecule has 2 aromatic carbocycles. The van der Waals surface area contributed by atoms with Crippen molar-refractivity contribution in [1.29, 1.82) is 0 Å². The number of carboxylic acids is 1. The van der Waals surface area contributed by atoms with Crippen LogP contribution in [0.5, 0.6) is 17.2 Å². The summed E-state index contributed by atoms with van der Waals surface area (Å²) in [6, 6.07) is 10.3. The molecule has 0 spiro atoms. The van der Waals surface area contributed by atoms with E-state index in [0.717, 1.165) is 11.3 Å². The number of hydrogen-bond acceptors (Lipinski definition) is 4. The van der Waals surface area contributed by atoms with Crippen molar-refractivity contribution in [3.05, 3.63) is 47.5 Å². The molecule has 0 radical (unpaired) electrons. The molecule has 1 heterocycles. The highest BCUT2D eigenvalue weighted by atomic mass is 16.5. The van der Waals surface area contributed by atoms with Gasteiger partial charge in [0, 0.05) is 5.56 Å². The Labute approximate surface area is 127 Å². The van der Waals surface area contributed by atoms with Crippen molar-refractivity contribution in [2.75, 3.05) is 7.11 Å². The van der Waals surface area contributed by atoms with Gasteiger partial charge in [-0.1, -0.05) is 13.0 Å². The molecule has 0 bridgehead atoms. The van der Waals surface area contributed by atoms with Gasteiger partial charge in [0.1, 0.15) is 5.69 Å². The first-order chi connectivity index (χ1) is 10.6. The summed E-state index contributed by atoms with van der Waals surface area (Å²) in [6.07, 6.45) is 0.695. The summed E-state index contributed by atoms with van der Waals surface area (Å²) in [5, 5.41) is 9.13. The Hall–Kier alpha value is -2.82. The van der Waals surface area contributed by atoms with Gasteiger partial charge in [-0.25, -0.2) is 9.79 Å². The number of carboxylic acid groups (broad SMARTS) is 1. The Bertz CT molecular complexity index is 780. The van der Waals surface area contributed by atoms with E-state index in [9.17, 15) is 4.79 Å². The highest BCUT2D eigenvalue weighted by Crippen LogP contribution is 2.43. The van der Waals surface area contributed by atoms with Crippen LogP contribution in [0.3, 0.4) is 0 Å². The maximum Gasteiger partial charge on any atom is 0.335 e. The van der Waals surface area contributed by atoms with E-state index in [1.54, 1.807) is 13.2 Å². The van der Waals surface area contributed by atoms with Gasteiger partial charge in [0.2, 0.25) is 0 Å². The zero-order valence-electron chi connectivity index (χ0n) is 12.3. The topological polar surface area (TPSA) is 68.1 Å². The van der Waals surface area contributed by atoms with Crippen molar-refractivity contribution < 1.29 is 19.4 Å². The van der Waals surface area contributed by atoms with E-state index in [1.165, 1.54) is 12.1 Å². The quantitative estimate of drug-likeness (QED) is 0.928. The van der Waals surface area contributed by atoms with Crippen molar-refractivity contribution in [2.45, 2.75) is 13.3 Å². The van der Waals surface area contributed by atoms with E-state index in [-0.39, 0.29) is 5.56 Å². The van der Waals surface area contributed by atoms with Gasteiger partial charge in [-0.05, 0) is 36.8 Å². The summed E-state index contributed by atoms with van der Waals surface area (Å²) in [4.78, 5) is 15.7. The lowest BCUT2D eigenvalue weighted by molar-refractivity contribution is 0.0697. The minimum atomic E-state index is -0.990. The van der Waals surface area contributed by atoms with E-state index in [1.807, 2.05) is 25.1 Å². The fourth-order valence-electron chi connectivity index (χ4n) is 2.42. The number of aromatic carboxylic acids is 1. The molecule has 0 fully saturated rings. The molecule has 0 aliphatic carbocycles. The number of benzene rings is 2. The van der Waals surface area contributed by atoms with Crippen molar-refractivity contribution in [3.8, 4) is 17.2 Å². The second-order valence-corrected chi connectivity index (χ2v) is 4.84. The summed E-state index contributed by atoms with van der Waals surface area (Å²) in [5.41, 5.74) is 2.37. The van der Waals surface area contributed by atoms with Gasteiger partial charge in [-0.3, -0.25) is 0 Å². The minimum Gasteiger partial charge on any atom is -0.493 e. The van der Waals surface area contributed by atoms with Crippen LogP contribution in [0, 0.1) is 0 Å². The largest absolute Gasteiger partial charge is 0.493 e. The highest BCUT2D eigenvalue weighted by molar-refractivity contribution is 6.06. The van der Waals surface area contributed by atoms with Gasteiger partial charge < -0.3 is 14.6 Å². The van der Waals surface area contributed by atoms with E-state index in [0.29, 0.717) is 29.4 Å². The van der Waals surface area contributed by atoms with E-state index < -0.39 is 5.97 Å². The molecule has 1 N–H and O–H groups in total. The molecule has 2 aromatic rings. The van der Waals surface area contributed by atoms with Crippen LogP contribution in [0.25, 0.3) is 0 Å². The molecule has 0 aromatic heterocycles. The average Bonchev–Trinajstić information content (AvgIpc) is 2.69. The third-order valence-electron chi connectivity index (χ3n) is 3.52. The van der Waals surface area contributed by atoms with Crippen LogP contribution >= 0.6 is 0 Å². The summed E-state index contributed by atoms with van der Waals surface area (Å²) >= 11 is 0. The second-order valence-electron chi connectivity index (χ2n) is 4.84. The van der Waals surface area contributed by atoms with Crippen molar-refractivity contribution in [1.82, 2.24) is 0 Å². The first kappa shape index (κ1) is 14.1. The number of methoxy groups -OCH3 is 1. The second kappa shape index (κ2) is 5.52. The maximum absolute atomic E-state index is 11.1. The fraction of sp³-hybridized carbons (Fsp3) is 0.176. The van der Waals surface area contributed by atoms with E-state index in [4.69, 9.17) is 14.6 Å². The van der Waals surface area contributed by atoms with Crippen LogP contribution in [-0.4, -0.2) is 23.9 Å². The Kier molecular flexibility index (Phi) is 3.55. The molecule has 0 amide bonds. The number of hydrogen-bond donors (Lipinski definition) is 1. The SMILES string of the molecule is CCC1=Nc2cc(C(=O)O)ccc2Oc2c(OC)cccc21. The van der Waals surface area contributed by atoms with Crippen LogP contribution in [0.2, 0.25) is 0 Å². The molecular formula is C17H15NO4. The lowest BCUT2D eigenvalue weighted by atomic mass is 10.1. The number of carbonyl (C=O) groups is 1. The standard InChI is InChI=1S/C17H15NO4/c1-3-12-11-5-4-6-15(21-2)16(11)22-14-8-7-10(17(19)20)9-13(14)18-12/h4-9H,3H2,1-2H3,(H,19,20). The molecule has 0 saturated heterocycles. The summed E-state index contributed by atoms with van der Waals surface area (Å²) in [6.45, 7) is 1.99. The normalized spacial score (nSPS) is 12.4. The lowest BCUT2D eigenvalue weighted by Crippen LogP contribution is -2.01. The summed E-state index contributed by atoms with van der Waals surface area (Å²) in [5.74, 6) is 0.746. The summed E-state index contributed by atoms with van der Waals surface area (Å²) < 4.78 is 11.3. The minimum absolute atomic E-state index is 0.180. The Morgan fingerprint density at radius 2 is 2.14 bits per heavy atom. The van der Waals surface area contributed by atoms with Gasteiger partial charge >= 0.3 is 5.97 Å². The first-order valence-electron chi connectivity index (χ1n) is 6.94. The molecule has 0 saturated carbocycles. The highest BCUT2D eigenvalue weighted by Gasteiger charge is 2.21. The molecule has 1 aliphatic rings. The number of ether oxygens (including phenoxy) is 2. The number of aliphatic imine (C=N–C) groups is 1. The van der Waals surface area contributed by atoms with Crippen molar-refractivity contribution in [3.63, 3.8) is 0 Å².